The van der Waals surface area contributed by atoms with Crippen LogP contribution >= 0.6 is 0 Å². The minimum Gasteiger partial charge on any atom is -0.496 e. The van der Waals surface area contributed by atoms with E-state index in [0.29, 0.717) is 31.1 Å². The standard InChI is InChI=1S/C29H34FNO4/c1-21(2)27-19-29(15-18-35-27,23-10-5-7-12-25(23)33-3)14-16-31(28(32)26-13-8-17-34-26)20-22-9-4-6-11-24(22)30/h4-13,17,21,27H,14-16,18-20H2,1-3H3/t27-,29-/m0/s1. The third-order valence-electron chi connectivity index (χ3n) is 7.12. The molecule has 1 fully saturated rings. The Morgan fingerprint density at radius 2 is 1.91 bits per heavy atom. The highest BCUT2D eigenvalue weighted by Gasteiger charge is 2.41. The second-order valence-corrected chi connectivity index (χ2v) is 9.63. The molecular weight excluding hydrogens is 445 g/mol. The summed E-state index contributed by atoms with van der Waals surface area (Å²) in [7, 11) is 1.69. The molecule has 2 atom stereocenters. The maximum atomic E-state index is 14.5. The van der Waals surface area contributed by atoms with Crippen LogP contribution in [0.2, 0.25) is 0 Å². The number of ether oxygens (including phenoxy) is 2. The molecule has 2 heterocycles. The lowest BCUT2D eigenvalue weighted by Crippen LogP contribution is -2.44. The molecule has 0 bridgehead atoms. The van der Waals surface area contributed by atoms with Gasteiger partial charge in [0, 0.05) is 36.2 Å². The summed E-state index contributed by atoms with van der Waals surface area (Å²) in [4.78, 5) is 15.1. The molecule has 1 aliphatic heterocycles. The van der Waals surface area contributed by atoms with E-state index in [2.05, 4.69) is 19.9 Å². The van der Waals surface area contributed by atoms with E-state index < -0.39 is 0 Å². The molecule has 0 radical (unpaired) electrons. The van der Waals surface area contributed by atoms with Crippen LogP contribution < -0.4 is 4.74 Å². The largest absolute Gasteiger partial charge is 0.496 e. The molecule has 0 spiro atoms. The van der Waals surface area contributed by atoms with Gasteiger partial charge in [-0.25, -0.2) is 4.39 Å². The van der Waals surface area contributed by atoms with Gasteiger partial charge in [0.25, 0.3) is 5.91 Å². The summed E-state index contributed by atoms with van der Waals surface area (Å²) in [6.07, 6.45) is 3.93. The highest BCUT2D eigenvalue weighted by molar-refractivity contribution is 5.91. The number of halogens is 1. The molecule has 5 nitrogen and oxygen atoms in total. The number of rotatable bonds is 9. The number of amides is 1. The number of para-hydroxylation sites is 1. The highest BCUT2D eigenvalue weighted by Crippen LogP contribution is 2.45. The first-order valence-corrected chi connectivity index (χ1v) is 12.2. The van der Waals surface area contributed by atoms with Crippen molar-refractivity contribution in [2.24, 2.45) is 5.92 Å². The Bertz CT molecular complexity index is 1110. The molecule has 4 rings (SSSR count). The first kappa shape index (κ1) is 25.0. The maximum absolute atomic E-state index is 14.5. The third-order valence-corrected chi connectivity index (χ3v) is 7.12. The second kappa shape index (κ2) is 11.1. The van der Waals surface area contributed by atoms with Crippen LogP contribution in [0, 0.1) is 11.7 Å². The minimum atomic E-state index is -0.324. The van der Waals surface area contributed by atoms with Crippen molar-refractivity contribution < 1.29 is 23.1 Å². The van der Waals surface area contributed by atoms with Crippen molar-refractivity contribution in [2.45, 2.75) is 51.2 Å². The molecular formula is C29H34FNO4. The predicted molar refractivity (Wildman–Crippen MR) is 133 cm³/mol. The van der Waals surface area contributed by atoms with E-state index in [0.717, 1.165) is 24.2 Å². The summed E-state index contributed by atoms with van der Waals surface area (Å²) < 4.78 is 31.8. The lowest BCUT2D eigenvalue weighted by molar-refractivity contribution is -0.0488. The predicted octanol–water partition coefficient (Wildman–Crippen LogP) is 6.23. The van der Waals surface area contributed by atoms with Gasteiger partial charge in [-0.2, -0.15) is 0 Å². The molecule has 0 saturated carbocycles. The molecule has 3 aromatic rings. The molecule has 1 amide bonds. The van der Waals surface area contributed by atoms with Gasteiger partial charge in [0.2, 0.25) is 0 Å². The number of furan rings is 1. The van der Waals surface area contributed by atoms with Crippen molar-refractivity contribution in [3.63, 3.8) is 0 Å². The lowest BCUT2D eigenvalue weighted by Gasteiger charge is -2.44. The van der Waals surface area contributed by atoms with Gasteiger partial charge in [0.15, 0.2) is 5.76 Å². The topological polar surface area (TPSA) is 51.9 Å². The van der Waals surface area contributed by atoms with Crippen LogP contribution in [0.4, 0.5) is 4.39 Å². The van der Waals surface area contributed by atoms with Crippen LogP contribution in [0.25, 0.3) is 0 Å². The molecule has 0 unspecified atom stereocenters. The van der Waals surface area contributed by atoms with Gasteiger partial charge in [-0.3, -0.25) is 4.79 Å². The average molecular weight is 480 g/mol. The number of hydrogen-bond acceptors (Lipinski definition) is 4. The van der Waals surface area contributed by atoms with E-state index in [4.69, 9.17) is 13.9 Å². The molecule has 1 aliphatic rings. The first-order valence-electron chi connectivity index (χ1n) is 12.2. The molecule has 1 saturated heterocycles. The number of methoxy groups -OCH3 is 1. The number of hydrogen-bond donors (Lipinski definition) is 0. The van der Waals surface area contributed by atoms with Crippen molar-refractivity contribution >= 4 is 5.91 Å². The summed E-state index contributed by atoms with van der Waals surface area (Å²) >= 11 is 0. The Morgan fingerprint density at radius 3 is 2.63 bits per heavy atom. The SMILES string of the molecule is COc1ccccc1[C@@]1(CCN(Cc2ccccc2F)C(=O)c2ccco2)CCO[C@H](C(C)C)C1. The van der Waals surface area contributed by atoms with Crippen LogP contribution in [0.5, 0.6) is 5.75 Å². The fraction of sp³-hybridized carbons (Fsp3) is 0.414. The number of nitrogens with zero attached hydrogens (tertiary/aromatic N) is 1. The Kier molecular flexibility index (Phi) is 7.91. The zero-order valence-corrected chi connectivity index (χ0v) is 20.7. The molecule has 0 N–H and O–H groups in total. The third kappa shape index (κ3) is 5.59. The summed E-state index contributed by atoms with van der Waals surface area (Å²) in [6.45, 7) is 5.59. The van der Waals surface area contributed by atoms with Gasteiger partial charge in [-0.15, -0.1) is 0 Å². The first-order chi connectivity index (χ1) is 16.9. The van der Waals surface area contributed by atoms with Crippen LogP contribution in [0.15, 0.2) is 71.3 Å². The minimum absolute atomic E-state index is 0.106. The van der Waals surface area contributed by atoms with Gasteiger partial charge in [-0.05, 0) is 49.4 Å². The highest BCUT2D eigenvalue weighted by atomic mass is 19.1. The Balaban J connectivity index is 1.67. The maximum Gasteiger partial charge on any atom is 0.289 e. The average Bonchev–Trinajstić information content (AvgIpc) is 3.42. The van der Waals surface area contributed by atoms with Crippen LogP contribution in [-0.4, -0.2) is 37.2 Å². The normalized spacial score (nSPS) is 20.1. The molecule has 0 aliphatic carbocycles. The second-order valence-electron chi connectivity index (χ2n) is 9.63. The summed E-state index contributed by atoms with van der Waals surface area (Å²) in [6, 6.07) is 18.0. The van der Waals surface area contributed by atoms with Crippen molar-refractivity contribution in [3.8, 4) is 5.75 Å². The zero-order chi connectivity index (χ0) is 24.8. The van der Waals surface area contributed by atoms with Gasteiger partial charge >= 0.3 is 0 Å². The molecule has 35 heavy (non-hydrogen) atoms. The molecule has 186 valence electrons. The molecule has 6 heteroatoms. The van der Waals surface area contributed by atoms with E-state index in [9.17, 15) is 9.18 Å². The van der Waals surface area contributed by atoms with Crippen molar-refractivity contribution in [1.82, 2.24) is 4.90 Å². The van der Waals surface area contributed by atoms with Crippen LogP contribution in [0.1, 0.15) is 54.8 Å². The summed E-state index contributed by atoms with van der Waals surface area (Å²) in [5.74, 6) is 0.884. The van der Waals surface area contributed by atoms with E-state index in [1.54, 1.807) is 42.3 Å². The summed E-state index contributed by atoms with van der Waals surface area (Å²) in [5.41, 5.74) is 1.37. The van der Waals surface area contributed by atoms with Crippen LogP contribution in [0.3, 0.4) is 0 Å². The smallest absolute Gasteiger partial charge is 0.289 e. The monoisotopic (exact) mass is 479 g/mol. The fourth-order valence-corrected chi connectivity index (χ4v) is 5.06. The fourth-order valence-electron chi connectivity index (χ4n) is 5.06. The quantitative estimate of drug-likeness (QED) is 0.365. The van der Waals surface area contributed by atoms with Gasteiger partial charge in [-0.1, -0.05) is 50.2 Å². The van der Waals surface area contributed by atoms with Crippen LogP contribution in [-0.2, 0) is 16.7 Å². The molecule has 2 aromatic carbocycles. The number of carbonyl (C=O) groups excluding carboxylic acids is 1. The van der Waals surface area contributed by atoms with E-state index >= 15 is 0 Å². The van der Waals surface area contributed by atoms with Gasteiger partial charge in [0.05, 0.1) is 19.5 Å². The summed E-state index contributed by atoms with van der Waals surface area (Å²) in [5, 5.41) is 0. The van der Waals surface area contributed by atoms with E-state index in [-0.39, 0.29) is 35.5 Å². The van der Waals surface area contributed by atoms with Crippen molar-refractivity contribution in [2.75, 3.05) is 20.3 Å². The van der Waals surface area contributed by atoms with Crippen molar-refractivity contribution in [1.29, 1.82) is 0 Å². The zero-order valence-electron chi connectivity index (χ0n) is 20.7. The Morgan fingerprint density at radius 1 is 1.14 bits per heavy atom. The Hall–Kier alpha value is -3.12. The van der Waals surface area contributed by atoms with Crippen molar-refractivity contribution in [3.05, 3.63) is 89.6 Å². The molecule has 1 aromatic heterocycles. The number of carbonyl (C=O) groups is 1. The van der Waals surface area contributed by atoms with Gasteiger partial charge < -0.3 is 18.8 Å². The van der Waals surface area contributed by atoms with Gasteiger partial charge in [0.1, 0.15) is 11.6 Å². The number of benzene rings is 2. The van der Waals surface area contributed by atoms with E-state index in [1.165, 1.54) is 12.3 Å². The Labute approximate surface area is 206 Å². The van der Waals surface area contributed by atoms with E-state index in [1.807, 2.05) is 18.2 Å². The lowest BCUT2D eigenvalue weighted by atomic mass is 9.68.